The molecule has 0 atom stereocenters. The fraction of sp³-hybridized carbons (Fsp3) is 0.474. The molecule has 1 aromatic rings. The zero-order valence-electron chi connectivity index (χ0n) is 14.8. The van der Waals surface area contributed by atoms with Gasteiger partial charge in [0, 0.05) is 13.1 Å². The number of rotatable bonds is 3. The van der Waals surface area contributed by atoms with Crippen molar-refractivity contribution in [1.29, 1.82) is 0 Å². The average molecular weight is 349 g/mol. The van der Waals surface area contributed by atoms with Crippen molar-refractivity contribution < 1.29 is 23.8 Å². The zero-order valence-corrected chi connectivity index (χ0v) is 14.8. The van der Waals surface area contributed by atoms with Gasteiger partial charge in [0.1, 0.15) is 11.4 Å². The first-order valence-electron chi connectivity index (χ1n) is 8.32. The van der Waals surface area contributed by atoms with E-state index in [9.17, 15) is 19.1 Å². The number of carbonyl (C=O) groups excluding carboxylic acids is 1. The minimum atomic E-state index is -0.957. The Kier molecular flexibility index (Phi) is 5.82. The molecule has 1 amide bonds. The summed E-state index contributed by atoms with van der Waals surface area (Å²) in [5.74, 6) is -1.33. The van der Waals surface area contributed by atoms with E-state index in [0.717, 1.165) is 12.0 Å². The molecular weight excluding hydrogens is 325 g/mol. The highest BCUT2D eigenvalue weighted by Gasteiger charge is 2.27. The molecule has 0 bridgehead atoms. The van der Waals surface area contributed by atoms with Crippen LogP contribution < -0.4 is 0 Å². The van der Waals surface area contributed by atoms with Gasteiger partial charge in [-0.3, -0.25) is 4.79 Å². The number of carboxylic acid groups (broad SMARTS) is 1. The highest BCUT2D eigenvalue weighted by molar-refractivity contribution is 5.85. The number of halogens is 1. The van der Waals surface area contributed by atoms with Crippen LogP contribution in [-0.4, -0.2) is 40.8 Å². The minimum Gasteiger partial charge on any atom is -0.481 e. The summed E-state index contributed by atoms with van der Waals surface area (Å²) in [6.07, 6.45) is 0.875. The van der Waals surface area contributed by atoms with E-state index in [0.29, 0.717) is 30.6 Å². The summed E-state index contributed by atoms with van der Waals surface area (Å²) in [5.41, 5.74) is 1.61. The molecule has 136 valence electrons. The van der Waals surface area contributed by atoms with Crippen LogP contribution in [0.1, 0.15) is 45.6 Å². The molecule has 5 nitrogen and oxygen atoms in total. The topological polar surface area (TPSA) is 66.8 Å². The number of ether oxygens (including phenoxy) is 1. The summed E-state index contributed by atoms with van der Waals surface area (Å²) < 4.78 is 18.6. The van der Waals surface area contributed by atoms with Gasteiger partial charge >= 0.3 is 12.1 Å². The zero-order chi connectivity index (χ0) is 18.6. The molecule has 1 aromatic carbocycles. The Morgan fingerprint density at radius 1 is 1.24 bits per heavy atom. The number of nitrogens with zero attached hydrogens (tertiary/aromatic N) is 1. The van der Waals surface area contributed by atoms with Crippen molar-refractivity contribution in [2.75, 3.05) is 13.1 Å². The maximum Gasteiger partial charge on any atom is 0.410 e. The highest BCUT2D eigenvalue weighted by atomic mass is 19.1. The number of hydrogen-bond acceptors (Lipinski definition) is 3. The van der Waals surface area contributed by atoms with Gasteiger partial charge in [0.15, 0.2) is 0 Å². The van der Waals surface area contributed by atoms with Crippen molar-refractivity contribution >= 4 is 17.6 Å². The second-order valence-corrected chi connectivity index (χ2v) is 7.16. The van der Waals surface area contributed by atoms with Crippen LogP contribution in [0.25, 0.3) is 5.57 Å². The van der Waals surface area contributed by atoms with E-state index in [-0.39, 0.29) is 12.2 Å². The third-order valence-electron chi connectivity index (χ3n) is 3.89. The number of carboxylic acids is 1. The first-order valence-corrected chi connectivity index (χ1v) is 8.32. The lowest BCUT2D eigenvalue weighted by Crippen LogP contribution is -2.40. The molecule has 0 unspecified atom stereocenters. The molecule has 1 heterocycles. The Morgan fingerprint density at radius 2 is 1.88 bits per heavy atom. The maximum absolute atomic E-state index is 13.2. The minimum absolute atomic E-state index is 0.164. The van der Waals surface area contributed by atoms with Gasteiger partial charge in [-0.2, -0.15) is 0 Å². The van der Waals surface area contributed by atoms with Crippen molar-refractivity contribution in [3.05, 3.63) is 41.2 Å². The predicted octanol–water partition coefficient (Wildman–Crippen LogP) is 4.08. The van der Waals surface area contributed by atoms with E-state index in [4.69, 9.17) is 4.74 Å². The summed E-state index contributed by atoms with van der Waals surface area (Å²) in [6.45, 7) is 6.32. The van der Waals surface area contributed by atoms with E-state index < -0.39 is 17.7 Å². The lowest BCUT2D eigenvalue weighted by molar-refractivity contribution is -0.135. The summed E-state index contributed by atoms with van der Waals surface area (Å²) in [6, 6.07) is 5.78. The third kappa shape index (κ3) is 5.59. The fourth-order valence-corrected chi connectivity index (χ4v) is 2.83. The summed E-state index contributed by atoms with van der Waals surface area (Å²) >= 11 is 0. The van der Waals surface area contributed by atoms with Gasteiger partial charge in [-0.15, -0.1) is 0 Å². The lowest BCUT2D eigenvalue weighted by atomic mass is 9.92. The number of hydrogen-bond donors (Lipinski definition) is 1. The lowest BCUT2D eigenvalue weighted by Gasteiger charge is -2.32. The van der Waals surface area contributed by atoms with Crippen LogP contribution in [0.15, 0.2) is 29.8 Å². The molecule has 1 saturated heterocycles. The number of likely N-dealkylation sites (tertiary alicyclic amines) is 1. The second kappa shape index (κ2) is 7.68. The summed E-state index contributed by atoms with van der Waals surface area (Å²) in [4.78, 5) is 25.2. The van der Waals surface area contributed by atoms with Crippen LogP contribution >= 0.6 is 0 Å². The molecule has 0 radical (unpaired) electrons. The van der Waals surface area contributed by atoms with Crippen LogP contribution in [0.4, 0.5) is 9.18 Å². The monoisotopic (exact) mass is 349 g/mol. The van der Waals surface area contributed by atoms with E-state index in [1.54, 1.807) is 37.8 Å². The third-order valence-corrected chi connectivity index (χ3v) is 3.89. The van der Waals surface area contributed by atoms with Crippen LogP contribution in [-0.2, 0) is 9.53 Å². The molecule has 1 aliphatic heterocycles. The standard InChI is InChI=1S/C19H24FNO4/c1-19(2,3)25-18(24)21-10-4-5-14(12-21)16(11-17(22)23)13-6-8-15(20)9-7-13/h6-9H,4-5,10-12H2,1-3H3,(H,22,23). The van der Waals surface area contributed by atoms with Gasteiger partial charge < -0.3 is 14.7 Å². The molecule has 6 heteroatoms. The average Bonchev–Trinajstić information content (AvgIpc) is 2.52. The molecule has 1 N–H and O–H groups in total. The first-order chi connectivity index (χ1) is 11.7. The van der Waals surface area contributed by atoms with Crippen LogP contribution in [0, 0.1) is 5.82 Å². The Hall–Kier alpha value is -2.37. The highest BCUT2D eigenvalue weighted by Crippen LogP contribution is 2.29. The predicted molar refractivity (Wildman–Crippen MR) is 92.6 cm³/mol. The largest absolute Gasteiger partial charge is 0.481 e. The van der Waals surface area contributed by atoms with Gasteiger partial charge in [-0.1, -0.05) is 12.1 Å². The molecule has 1 aliphatic rings. The van der Waals surface area contributed by atoms with Crippen molar-refractivity contribution in [3.63, 3.8) is 0 Å². The Balaban J connectivity index is 2.29. The van der Waals surface area contributed by atoms with Gasteiger partial charge in [0.25, 0.3) is 0 Å². The summed E-state index contributed by atoms with van der Waals surface area (Å²) in [7, 11) is 0. The number of amides is 1. The SMILES string of the molecule is CC(C)(C)OC(=O)N1CCCC(=C(CC(=O)O)c2ccc(F)cc2)C1. The number of piperidine rings is 1. The summed E-state index contributed by atoms with van der Waals surface area (Å²) in [5, 5.41) is 9.24. The van der Waals surface area contributed by atoms with Crippen LogP contribution in [0.2, 0.25) is 0 Å². The molecule has 0 spiro atoms. The number of carbonyl (C=O) groups is 2. The van der Waals surface area contributed by atoms with Crippen LogP contribution in [0.3, 0.4) is 0 Å². The molecule has 0 saturated carbocycles. The van der Waals surface area contributed by atoms with Gasteiger partial charge in [0.2, 0.25) is 0 Å². The Labute approximate surface area is 147 Å². The van der Waals surface area contributed by atoms with E-state index in [2.05, 4.69) is 0 Å². The van der Waals surface area contributed by atoms with Gasteiger partial charge in [-0.25, -0.2) is 9.18 Å². The number of aliphatic carboxylic acids is 1. The van der Waals surface area contributed by atoms with Crippen LogP contribution in [0.5, 0.6) is 0 Å². The van der Waals surface area contributed by atoms with Crippen molar-refractivity contribution in [3.8, 4) is 0 Å². The Bertz CT molecular complexity index is 674. The van der Waals surface area contributed by atoms with Crippen molar-refractivity contribution in [2.45, 2.75) is 45.6 Å². The maximum atomic E-state index is 13.2. The second-order valence-electron chi connectivity index (χ2n) is 7.16. The van der Waals surface area contributed by atoms with E-state index in [1.807, 2.05) is 0 Å². The molecule has 25 heavy (non-hydrogen) atoms. The quantitative estimate of drug-likeness (QED) is 0.893. The fourth-order valence-electron chi connectivity index (χ4n) is 2.83. The molecule has 0 aromatic heterocycles. The van der Waals surface area contributed by atoms with Gasteiger partial charge in [0.05, 0.1) is 6.42 Å². The van der Waals surface area contributed by atoms with Gasteiger partial charge in [-0.05, 0) is 62.5 Å². The molecular formula is C19H24FNO4. The first kappa shape index (κ1) is 19.0. The normalized spacial score (nSPS) is 17.2. The van der Waals surface area contributed by atoms with Crippen molar-refractivity contribution in [2.24, 2.45) is 0 Å². The van der Waals surface area contributed by atoms with E-state index in [1.165, 1.54) is 12.1 Å². The molecule has 0 aliphatic carbocycles. The number of benzene rings is 1. The smallest absolute Gasteiger partial charge is 0.410 e. The molecule has 1 fully saturated rings. The molecule has 2 rings (SSSR count). The van der Waals surface area contributed by atoms with E-state index >= 15 is 0 Å². The Morgan fingerprint density at radius 3 is 2.44 bits per heavy atom. The van der Waals surface area contributed by atoms with Crippen molar-refractivity contribution in [1.82, 2.24) is 4.90 Å².